The van der Waals surface area contributed by atoms with Gasteiger partial charge in [-0.25, -0.2) is 0 Å². The highest BCUT2D eigenvalue weighted by Crippen LogP contribution is 2.16. The number of nitrogens with one attached hydrogen (secondary N) is 1. The average Bonchev–Trinajstić information content (AvgIpc) is 3.11. The van der Waals surface area contributed by atoms with Crippen molar-refractivity contribution in [2.75, 3.05) is 5.75 Å². The zero-order chi connectivity index (χ0) is 38.2. The van der Waals surface area contributed by atoms with E-state index in [2.05, 4.69) is 55.6 Å². The lowest BCUT2D eigenvalue weighted by Crippen LogP contribution is -2.47. The third kappa shape index (κ3) is 39.8. The van der Waals surface area contributed by atoms with E-state index >= 15 is 0 Å². The van der Waals surface area contributed by atoms with Gasteiger partial charge in [-0.05, 0) is 51.4 Å². The molecule has 6 nitrogen and oxygen atoms in total. The summed E-state index contributed by atoms with van der Waals surface area (Å²) >= 11 is 0. The van der Waals surface area contributed by atoms with E-state index in [0.717, 1.165) is 64.2 Å². The number of aliphatic hydroxyl groups is 1. The lowest BCUT2D eigenvalue weighted by atomic mass is 10.0. The van der Waals surface area contributed by atoms with Crippen molar-refractivity contribution in [1.29, 1.82) is 0 Å². The van der Waals surface area contributed by atoms with Gasteiger partial charge in [0.1, 0.15) is 0 Å². The third-order valence-corrected chi connectivity index (χ3v) is 10.9. The summed E-state index contributed by atoms with van der Waals surface area (Å²) in [6.45, 7) is 4.52. The molecule has 0 fully saturated rings. The summed E-state index contributed by atoms with van der Waals surface area (Å²) in [6.07, 6.45) is 50.9. The maximum absolute atomic E-state index is 12.6. The van der Waals surface area contributed by atoms with Gasteiger partial charge in [0.15, 0.2) is 0 Å². The van der Waals surface area contributed by atoms with Crippen molar-refractivity contribution in [3.8, 4) is 0 Å². The molecule has 1 amide bonds. The molecule has 52 heavy (non-hydrogen) atoms. The molecule has 0 spiro atoms. The maximum atomic E-state index is 12.6. The van der Waals surface area contributed by atoms with E-state index in [0.29, 0.717) is 12.8 Å². The van der Waals surface area contributed by atoms with Crippen LogP contribution >= 0.6 is 0 Å². The maximum Gasteiger partial charge on any atom is 0.266 e. The lowest BCUT2D eigenvalue weighted by Gasteiger charge is -2.23. The molecule has 3 N–H and O–H groups in total. The smallest absolute Gasteiger partial charge is 0.266 e. The van der Waals surface area contributed by atoms with E-state index < -0.39 is 28.0 Å². The van der Waals surface area contributed by atoms with Gasteiger partial charge in [-0.3, -0.25) is 9.35 Å². The van der Waals surface area contributed by atoms with Gasteiger partial charge in [0.25, 0.3) is 10.1 Å². The van der Waals surface area contributed by atoms with Crippen molar-refractivity contribution in [3.63, 3.8) is 0 Å². The molecule has 0 heterocycles. The molecule has 0 aliphatic rings. The molecule has 0 aromatic heterocycles. The molecular weight excluding hydrogens is 667 g/mol. The van der Waals surface area contributed by atoms with Gasteiger partial charge < -0.3 is 10.4 Å². The van der Waals surface area contributed by atoms with E-state index in [4.69, 9.17) is 0 Å². The highest BCUT2D eigenvalue weighted by molar-refractivity contribution is 7.85. The van der Waals surface area contributed by atoms with Crippen LogP contribution in [0.4, 0.5) is 0 Å². The Kier molecular flexibility index (Phi) is 38.2. The monoisotopic (exact) mass is 752 g/mol. The van der Waals surface area contributed by atoms with Crippen LogP contribution < -0.4 is 5.32 Å². The highest BCUT2D eigenvalue weighted by atomic mass is 32.2. The van der Waals surface area contributed by atoms with E-state index in [9.17, 15) is 22.9 Å². The van der Waals surface area contributed by atoms with Crippen LogP contribution in [0.1, 0.15) is 226 Å². The number of carbonyl (C=O) groups excluding carboxylic acids is 1. The Labute approximate surface area is 323 Å². The second-order valence-corrected chi connectivity index (χ2v) is 16.8. The Balaban J connectivity index is 3.86. The fourth-order valence-corrected chi connectivity index (χ4v) is 7.52. The number of aliphatic hydroxyl groups excluding tert-OH is 1. The SMILES string of the molecule is CCCCCCC/C=C\C/C=C\C/C=C\CCCCCCCCC(=O)NC(CS(=O)(=O)O)C(O)CCCCCCCCCCCCCCCCCC. The number of carbonyl (C=O) groups is 1. The molecule has 0 radical (unpaired) electrons. The van der Waals surface area contributed by atoms with Crippen molar-refractivity contribution in [1.82, 2.24) is 5.32 Å². The number of rotatable bonds is 40. The zero-order valence-corrected chi connectivity index (χ0v) is 35.0. The summed E-state index contributed by atoms with van der Waals surface area (Å²) in [5.74, 6) is -0.909. The van der Waals surface area contributed by atoms with Crippen LogP contribution in [0.25, 0.3) is 0 Å². The number of hydrogen-bond donors (Lipinski definition) is 3. The predicted molar refractivity (Wildman–Crippen MR) is 225 cm³/mol. The van der Waals surface area contributed by atoms with Crippen LogP contribution in [0, 0.1) is 0 Å². The first kappa shape index (κ1) is 50.6. The average molecular weight is 752 g/mol. The first-order chi connectivity index (χ1) is 25.3. The summed E-state index contributed by atoms with van der Waals surface area (Å²) in [6, 6.07) is -0.978. The summed E-state index contributed by atoms with van der Waals surface area (Å²) in [5.41, 5.74) is 0. The van der Waals surface area contributed by atoms with E-state index in [1.165, 1.54) is 135 Å². The summed E-state index contributed by atoms with van der Waals surface area (Å²) in [5, 5.41) is 13.4. The molecule has 0 saturated carbocycles. The first-order valence-corrected chi connectivity index (χ1v) is 23.8. The molecule has 0 rings (SSSR count). The quantitative estimate of drug-likeness (QED) is 0.0328. The number of amides is 1. The van der Waals surface area contributed by atoms with Crippen molar-refractivity contribution < 1.29 is 22.9 Å². The summed E-state index contributed by atoms with van der Waals surface area (Å²) < 4.78 is 32.6. The summed E-state index contributed by atoms with van der Waals surface area (Å²) in [7, 11) is -4.32. The van der Waals surface area contributed by atoms with Gasteiger partial charge >= 0.3 is 0 Å². The fourth-order valence-electron chi connectivity index (χ4n) is 6.76. The van der Waals surface area contributed by atoms with Gasteiger partial charge in [-0.1, -0.05) is 204 Å². The molecule has 0 aliphatic heterocycles. The number of unbranched alkanes of at least 4 members (excludes halogenated alkanes) is 26. The Morgan fingerprint density at radius 2 is 0.865 bits per heavy atom. The van der Waals surface area contributed by atoms with Crippen LogP contribution in [0.5, 0.6) is 0 Å². The minimum absolute atomic E-state index is 0.257. The molecule has 7 heteroatoms. The van der Waals surface area contributed by atoms with Gasteiger partial charge in [0.05, 0.1) is 17.9 Å². The second-order valence-electron chi connectivity index (χ2n) is 15.3. The van der Waals surface area contributed by atoms with Gasteiger partial charge in [-0.2, -0.15) is 8.42 Å². The van der Waals surface area contributed by atoms with Crippen molar-refractivity contribution in [3.05, 3.63) is 36.5 Å². The zero-order valence-electron chi connectivity index (χ0n) is 34.2. The number of allylic oxidation sites excluding steroid dienone is 6. The Hall–Kier alpha value is -1.44. The Morgan fingerprint density at radius 1 is 0.519 bits per heavy atom. The van der Waals surface area contributed by atoms with Gasteiger partial charge in [0.2, 0.25) is 5.91 Å². The number of hydrogen-bond acceptors (Lipinski definition) is 4. The Bertz CT molecular complexity index is 961. The lowest BCUT2D eigenvalue weighted by molar-refractivity contribution is -0.122. The standard InChI is InChI=1S/C45H85NO5S/c1-3-5-7-9-11-13-15-17-19-21-22-23-24-25-27-29-31-33-35-37-39-41-45(48)46-43(42-52(49,50)51)44(47)40-38-36-34-32-30-28-26-20-18-16-14-12-10-8-6-4-2/h15,17,21-22,24-25,43-44,47H,3-14,16,18-20,23,26-42H2,1-2H3,(H,46,48)(H,49,50,51)/b17-15-,22-21-,25-24-. The molecule has 0 aliphatic carbocycles. The molecule has 0 saturated heterocycles. The van der Waals surface area contributed by atoms with Gasteiger partial charge in [0, 0.05) is 6.42 Å². The molecular formula is C45H85NO5S. The summed E-state index contributed by atoms with van der Waals surface area (Å²) in [4.78, 5) is 12.6. The largest absolute Gasteiger partial charge is 0.391 e. The van der Waals surface area contributed by atoms with E-state index in [1.54, 1.807) is 0 Å². The topological polar surface area (TPSA) is 104 Å². The van der Waals surface area contributed by atoms with Crippen molar-refractivity contribution >= 4 is 16.0 Å². The van der Waals surface area contributed by atoms with E-state index in [1.807, 2.05) is 0 Å². The molecule has 2 atom stereocenters. The molecule has 0 bridgehead atoms. The second kappa shape index (κ2) is 39.3. The minimum Gasteiger partial charge on any atom is -0.391 e. The van der Waals surface area contributed by atoms with Gasteiger partial charge in [-0.15, -0.1) is 0 Å². The molecule has 0 aromatic carbocycles. The Morgan fingerprint density at radius 3 is 1.27 bits per heavy atom. The first-order valence-electron chi connectivity index (χ1n) is 22.2. The van der Waals surface area contributed by atoms with Crippen LogP contribution in [0.3, 0.4) is 0 Å². The normalized spacial score (nSPS) is 13.5. The van der Waals surface area contributed by atoms with Crippen LogP contribution in [0.2, 0.25) is 0 Å². The molecule has 0 aromatic rings. The third-order valence-electron chi connectivity index (χ3n) is 10.1. The van der Waals surface area contributed by atoms with Crippen molar-refractivity contribution in [2.45, 2.75) is 238 Å². The highest BCUT2D eigenvalue weighted by Gasteiger charge is 2.26. The predicted octanol–water partition coefficient (Wildman–Crippen LogP) is 13.3. The van der Waals surface area contributed by atoms with Crippen LogP contribution in [0.15, 0.2) is 36.5 Å². The van der Waals surface area contributed by atoms with E-state index in [-0.39, 0.29) is 5.91 Å². The van der Waals surface area contributed by atoms with Crippen LogP contribution in [-0.4, -0.2) is 41.9 Å². The molecule has 2 unspecified atom stereocenters. The van der Waals surface area contributed by atoms with Crippen molar-refractivity contribution in [2.24, 2.45) is 0 Å². The molecule has 306 valence electrons. The van der Waals surface area contributed by atoms with Crippen LogP contribution in [-0.2, 0) is 14.9 Å². The fraction of sp³-hybridized carbons (Fsp3) is 0.844. The minimum atomic E-state index is -4.32.